The zero-order valence-corrected chi connectivity index (χ0v) is 21.8. The summed E-state index contributed by atoms with van der Waals surface area (Å²) < 4.78 is 6.76. The zero-order chi connectivity index (χ0) is 27.0. The molecule has 5 rings (SSSR count). The van der Waals surface area contributed by atoms with Gasteiger partial charge in [0.25, 0.3) is 11.2 Å². The lowest BCUT2D eigenvalue weighted by atomic mass is 9.95. The maximum absolute atomic E-state index is 13.7. The van der Waals surface area contributed by atoms with Gasteiger partial charge in [-0.25, -0.2) is 9.79 Å². The molecule has 10 heteroatoms. The number of nitro groups is 1. The highest BCUT2D eigenvalue weighted by atomic mass is 35.5. The van der Waals surface area contributed by atoms with Crippen LogP contribution in [0, 0.1) is 10.1 Å². The Morgan fingerprint density at radius 3 is 2.45 bits per heavy atom. The largest absolute Gasteiger partial charge is 0.466 e. The number of esters is 1. The third kappa shape index (κ3) is 4.57. The minimum Gasteiger partial charge on any atom is -0.466 e. The normalized spacial score (nSPS) is 15.1. The van der Waals surface area contributed by atoms with Crippen LogP contribution in [0.5, 0.6) is 0 Å². The van der Waals surface area contributed by atoms with Crippen molar-refractivity contribution < 1.29 is 14.5 Å². The molecule has 1 aromatic heterocycles. The van der Waals surface area contributed by atoms with E-state index in [1.807, 2.05) is 54.6 Å². The van der Waals surface area contributed by atoms with E-state index in [0.717, 1.165) is 16.7 Å². The van der Waals surface area contributed by atoms with Gasteiger partial charge in [0.05, 0.1) is 33.9 Å². The first-order valence-electron chi connectivity index (χ1n) is 11.5. The quantitative estimate of drug-likeness (QED) is 0.206. The van der Waals surface area contributed by atoms with Gasteiger partial charge in [-0.2, -0.15) is 0 Å². The molecule has 0 saturated carbocycles. The smallest absolute Gasteiger partial charge is 0.338 e. The molecule has 0 radical (unpaired) electrons. The number of nitro benzene ring substituents is 1. The lowest BCUT2D eigenvalue weighted by molar-refractivity contribution is -0.384. The molecule has 0 fully saturated rings. The molecule has 1 aliphatic rings. The molecule has 8 nitrogen and oxygen atoms in total. The van der Waals surface area contributed by atoms with Crippen LogP contribution in [0.2, 0.25) is 5.02 Å². The predicted molar refractivity (Wildman–Crippen MR) is 146 cm³/mol. The van der Waals surface area contributed by atoms with Crippen molar-refractivity contribution >= 4 is 40.7 Å². The molecule has 1 atom stereocenters. The van der Waals surface area contributed by atoms with Gasteiger partial charge >= 0.3 is 5.97 Å². The fraction of sp³-hybridized carbons (Fsp3) is 0.107. The van der Waals surface area contributed by atoms with E-state index in [2.05, 4.69) is 4.99 Å². The number of nitrogens with zero attached hydrogens (tertiary/aromatic N) is 3. The molecular weight excluding hydrogens is 526 g/mol. The summed E-state index contributed by atoms with van der Waals surface area (Å²) in [4.78, 5) is 42.3. The maximum Gasteiger partial charge on any atom is 0.338 e. The Morgan fingerprint density at radius 2 is 1.79 bits per heavy atom. The van der Waals surface area contributed by atoms with Gasteiger partial charge in [0.15, 0.2) is 4.80 Å². The molecule has 0 N–H and O–H groups in total. The number of aromatic nitrogens is 1. The third-order valence-electron chi connectivity index (χ3n) is 6.23. The van der Waals surface area contributed by atoms with Gasteiger partial charge in [-0.1, -0.05) is 83.6 Å². The molecule has 0 saturated heterocycles. The summed E-state index contributed by atoms with van der Waals surface area (Å²) in [6.45, 7) is 1.64. The highest BCUT2D eigenvalue weighted by Crippen LogP contribution is 2.34. The number of carbonyl (C=O) groups is 1. The Labute approximate surface area is 225 Å². The predicted octanol–water partition coefficient (Wildman–Crippen LogP) is 4.64. The minimum absolute atomic E-state index is 0.0505. The van der Waals surface area contributed by atoms with Gasteiger partial charge in [0.2, 0.25) is 0 Å². The molecule has 1 unspecified atom stereocenters. The van der Waals surface area contributed by atoms with Crippen molar-refractivity contribution in [3.63, 3.8) is 0 Å². The molecule has 4 aromatic rings. The molecule has 0 aliphatic carbocycles. The van der Waals surface area contributed by atoms with E-state index in [-0.39, 0.29) is 21.8 Å². The number of hydrogen-bond donors (Lipinski definition) is 0. The first kappa shape index (κ1) is 25.3. The first-order valence-corrected chi connectivity index (χ1v) is 12.7. The molecule has 0 spiro atoms. The second-order valence-electron chi connectivity index (χ2n) is 8.53. The number of thiazole rings is 1. The summed E-state index contributed by atoms with van der Waals surface area (Å²) >= 11 is 7.20. The molecule has 190 valence electrons. The minimum atomic E-state index is -0.975. The van der Waals surface area contributed by atoms with Crippen molar-refractivity contribution in [1.29, 1.82) is 0 Å². The molecule has 0 amide bonds. The second-order valence-corrected chi connectivity index (χ2v) is 9.95. The lowest BCUT2D eigenvalue weighted by Crippen LogP contribution is -2.39. The van der Waals surface area contributed by atoms with Gasteiger partial charge in [-0.3, -0.25) is 19.5 Å². The van der Waals surface area contributed by atoms with Crippen LogP contribution in [0.1, 0.15) is 24.1 Å². The van der Waals surface area contributed by atoms with Gasteiger partial charge in [-0.15, -0.1) is 0 Å². The maximum atomic E-state index is 13.7. The monoisotopic (exact) mass is 545 g/mol. The number of fused-ring (bicyclic) bond motifs is 1. The topological polar surface area (TPSA) is 104 Å². The van der Waals surface area contributed by atoms with Crippen molar-refractivity contribution in [1.82, 2.24) is 4.57 Å². The number of hydrogen-bond acceptors (Lipinski definition) is 7. The Morgan fingerprint density at radius 1 is 1.11 bits per heavy atom. The summed E-state index contributed by atoms with van der Waals surface area (Å²) in [5.74, 6) is -0.681. The number of methoxy groups -OCH3 is 1. The third-order valence-corrected chi connectivity index (χ3v) is 7.53. The Bertz CT molecular complexity index is 1790. The molecule has 3 aromatic carbocycles. The van der Waals surface area contributed by atoms with Crippen molar-refractivity contribution in [3.8, 4) is 11.1 Å². The van der Waals surface area contributed by atoms with E-state index >= 15 is 0 Å². The van der Waals surface area contributed by atoms with Crippen LogP contribution < -0.4 is 14.9 Å². The van der Waals surface area contributed by atoms with Gasteiger partial charge < -0.3 is 4.74 Å². The fourth-order valence-corrected chi connectivity index (χ4v) is 5.63. The summed E-state index contributed by atoms with van der Waals surface area (Å²) in [5.41, 5.74) is 3.07. The van der Waals surface area contributed by atoms with Gasteiger partial charge in [0.1, 0.15) is 5.02 Å². The Hall–Kier alpha value is -4.34. The number of allylic oxidation sites excluding steroid dienone is 1. The van der Waals surface area contributed by atoms with E-state index in [1.54, 1.807) is 19.1 Å². The van der Waals surface area contributed by atoms with Crippen LogP contribution >= 0.6 is 22.9 Å². The van der Waals surface area contributed by atoms with Crippen molar-refractivity contribution in [3.05, 3.63) is 130 Å². The SMILES string of the molecule is COC(=O)C1=C(C)N=c2sc(=Cc3ccc(-c4ccccc4)cc3)c(=O)n2C1c1ccc(Cl)c([N+](=O)[O-])c1. The molecule has 2 heterocycles. The van der Waals surface area contributed by atoms with Crippen molar-refractivity contribution in [2.45, 2.75) is 13.0 Å². The first-order chi connectivity index (χ1) is 18.3. The van der Waals surface area contributed by atoms with E-state index in [0.29, 0.717) is 20.6 Å². The summed E-state index contributed by atoms with van der Waals surface area (Å²) in [6, 6.07) is 21.0. The Kier molecular flexibility index (Phi) is 6.79. The highest BCUT2D eigenvalue weighted by Gasteiger charge is 2.34. The second kappa shape index (κ2) is 10.2. The van der Waals surface area contributed by atoms with Crippen LogP contribution in [0.4, 0.5) is 5.69 Å². The van der Waals surface area contributed by atoms with E-state index in [9.17, 15) is 19.7 Å². The number of halogens is 1. The number of rotatable bonds is 5. The van der Waals surface area contributed by atoms with Crippen LogP contribution in [0.25, 0.3) is 17.2 Å². The fourth-order valence-electron chi connectivity index (χ4n) is 4.40. The van der Waals surface area contributed by atoms with Crippen LogP contribution in [0.15, 0.2) is 93.9 Å². The van der Waals surface area contributed by atoms with E-state index < -0.39 is 16.9 Å². The number of ether oxygens (including phenoxy) is 1. The standard InChI is InChI=1S/C28H20ClN3O5S/c1-16-24(27(34)37-2)25(20-12-13-21(29)22(15-20)32(35)36)31-26(33)23(38-28(31)30-16)14-17-8-10-19(11-9-17)18-6-4-3-5-7-18/h3-15,25H,1-2H3. The summed E-state index contributed by atoms with van der Waals surface area (Å²) in [6.07, 6.45) is 1.76. The highest BCUT2D eigenvalue weighted by molar-refractivity contribution is 7.07. The van der Waals surface area contributed by atoms with E-state index in [1.165, 1.54) is 35.1 Å². The number of benzene rings is 3. The van der Waals surface area contributed by atoms with Gasteiger partial charge in [-0.05, 0) is 41.3 Å². The zero-order valence-electron chi connectivity index (χ0n) is 20.3. The van der Waals surface area contributed by atoms with Gasteiger partial charge in [0, 0.05) is 6.07 Å². The lowest BCUT2D eigenvalue weighted by Gasteiger charge is -2.24. The average molecular weight is 546 g/mol. The van der Waals surface area contributed by atoms with E-state index in [4.69, 9.17) is 16.3 Å². The molecular formula is C28H20ClN3O5S. The van der Waals surface area contributed by atoms with Crippen LogP contribution in [-0.2, 0) is 9.53 Å². The van der Waals surface area contributed by atoms with Crippen LogP contribution in [0.3, 0.4) is 0 Å². The molecule has 38 heavy (non-hydrogen) atoms. The van der Waals surface area contributed by atoms with Crippen molar-refractivity contribution in [2.24, 2.45) is 4.99 Å². The molecule has 1 aliphatic heterocycles. The Balaban J connectivity index is 1.66. The number of carbonyl (C=O) groups excluding carboxylic acids is 1. The van der Waals surface area contributed by atoms with Crippen molar-refractivity contribution in [2.75, 3.05) is 7.11 Å². The molecule has 0 bridgehead atoms. The van der Waals surface area contributed by atoms with Crippen LogP contribution in [-0.4, -0.2) is 22.6 Å². The average Bonchev–Trinajstić information content (AvgIpc) is 3.22. The summed E-state index contributed by atoms with van der Waals surface area (Å²) in [7, 11) is 1.23. The summed E-state index contributed by atoms with van der Waals surface area (Å²) in [5, 5.41) is 11.5.